The quantitative estimate of drug-likeness (QED) is 0.608. The third-order valence-electron chi connectivity index (χ3n) is 3.37. The normalized spacial score (nSPS) is 35.1. The summed E-state index contributed by atoms with van der Waals surface area (Å²) in [4.78, 5) is 0. The number of halogens is 1. The third kappa shape index (κ3) is 1.38. The zero-order valence-electron chi connectivity index (χ0n) is 8.00. The lowest BCUT2D eigenvalue weighted by atomic mass is 9.87. The molecule has 1 aromatic carbocycles. The number of rotatable bonds is 0. The molecule has 74 valence electrons. The minimum atomic E-state index is -0.00387. The second-order valence-corrected chi connectivity index (χ2v) is 6.64. The number of hydrogen-bond acceptors (Lipinski definition) is 1. The Balaban J connectivity index is 2.05. The Labute approximate surface area is 94.0 Å². The van der Waals surface area contributed by atoms with E-state index in [1.807, 2.05) is 11.8 Å². The molecule has 0 radical (unpaired) electrons. The fourth-order valence-corrected chi connectivity index (χ4v) is 4.53. The van der Waals surface area contributed by atoms with E-state index in [0.29, 0.717) is 5.92 Å². The average Bonchev–Trinajstić information content (AvgIpc) is 2.49. The monoisotopic (exact) mass is 224 g/mol. The second kappa shape index (κ2) is 3.18. The van der Waals surface area contributed by atoms with Crippen LogP contribution in [0.2, 0.25) is 0 Å². The summed E-state index contributed by atoms with van der Waals surface area (Å²) in [6, 6.07) is 8.98. The van der Waals surface area contributed by atoms with Gasteiger partial charge < -0.3 is 0 Å². The van der Waals surface area contributed by atoms with Crippen LogP contribution < -0.4 is 0 Å². The summed E-state index contributed by atoms with van der Waals surface area (Å²) in [6.07, 6.45) is 3.48. The van der Waals surface area contributed by atoms with Crippen molar-refractivity contribution < 1.29 is 0 Å². The van der Waals surface area contributed by atoms with Crippen molar-refractivity contribution >= 4 is 23.4 Å². The molecule has 2 atom stereocenters. The van der Waals surface area contributed by atoms with E-state index >= 15 is 0 Å². The van der Waals surface area contributed by atoms with Crippen LogP contribution in [0.4, 0.5) is 0 Å². The van der Waals surface area contributed by atoms with Crippen LogP contribution in [0.15, 0.2) is 24.3 Å². The van der Waals surface area contributed by atoms with Crippen molar-refractivity contribution in [1.82, 2.24) is 0 Å². The Bertz CT molecular complexity index is 346. The van der Waals surface area contributed by atoms with Gasteiger partial charge in [-0.2, -0.15) is 0 Å². The summed E-state index contributed by atoms with van der Waals surface area (Å²) in [7, 11) is 0. The maximum absolute atomic E-state index is 6.70. The van der Waals surface area contributed by atoms with Crippen molar-refractivity contribution in [2.45, 2.75) is 23.5 Å². The van der Waals surface area contributed by atoms with Gasteiger partial charge in [0, 0.05) is 6.42 Å². The van der Waals surface area contributed by atoms with Gasteiger partial charge in [-0.25, -0.2) is 0 Å². The van der Waals surface area contributed by atoms with Crippen molar-refractivity contribution in [1.29, 1.82) is 0 Å². The van der Waals surface area contributed by atoms with Gasteiger partial charge in [-0.15, -0.1) is 23.4 Å². The molecule has 0 nitrogen and oxygen atoms in total. The van der Waals surface area contributed by atoms with E-state index in [0.717, 1.165) is 12.8 Å². The Morgan fingerprint density at radius 2 is 1.93 bits per heavy atom. The van der Waals surface area contributed by atoms with Gasteiger partial charge in [0.1, 0.15) is 0 Å². The molecule has 0 saturated carbocycles. The number of thioether (sulfide) groups is 1. The minimum Gasteiger partial charge on any atom is -0.138 e. The van der Waals surface area contributed by atoms with E-state index in [2.05, 4.69) is 24.3 Å². The topological polar surface area (TPSA) is 0 Å². The molecule has 1 aromatic rings. The third-order valence-corrected chi connectivity index (χ3v) is 5.54. The van der Waals surface area contributed by atoms with Crippen molar-refractivity contribution in [2.75, 3.05) is 5.75 Å². The van der Waals surface area contributed by atoms with E-state index in [4.69, 9.17) is 11.6 Å². The zero-order valence-corrected chi connectivity index (χ0v) is 9.57. The Hall–Kier alpha value is -0.140. The average molecular weight is 225 g/mol. The van der Waals surface area contributed by atoms with Crippen LogP contribution in [0.25, 0.3) is 0 Å². The lowest BCUT2D eigenvalue weighted by molar-refractivity contribution is 0.469. The molecule has 1 fully saturated rings. The van der Waals surface area contributed by atoms with E-state index in [9.17, 15) is 0 Å². The number of fused-ring (bicyclic) bond motifs is 2. The molecule has 2 bridgehead atoms. The molecule has 1 aliphatic heterocycles. The standard InChI is InChI=1S/C12H13ClS/c13-12-8-10-3-1-9(2-4-10)7-11(12)5-6-14-12/h1-4,11H,5-8H2. The van der Waals surface area contributed by atoms with E-state index < -0.39 is 0 Å². The van der Waals surface area contributed by atoms with Gasteiger partial charge in [-0.1, -0.05) is 24.3 Å². The van der Waals surface area contributed by atoms with Gasteiger partial charge in [-0.05, 0) is 35.6 Å². The lowest BCUT2D eigenvalue weighted by Gasteiger charge is -2.30. The van der Waals surface area contributed by atoms with Crippen LogP contribution in [-0.4, -0.2) is 9.96 Å². The predicted octanol–water partition coefficient (Wildman–Crippen LogP) is 3.47. The number of benzene rings is 1. The lowest BCUT2D eigenvalue weighted by Crippen LogP contribution is -2.29. The molecule has 3 aliphatic rings. The first-order valence-corrected chi connectivity index (χ1v) is 6.53. The molecule has 0 amide bonds. The first-order chi connectivity index (χ1) is 6.76. The van der Waals surface area contributed by atoms with Crippen molar-refractivity contribution in [2.24, 2.45) is 5.92 Å². The van der Waals surface area contributed by atoms with Gasteiger partial charge in [0.15, 0.2) is 0 Å². The van der Waals surface area contributed by atoms with Gasteiger partial charge in [-0.3, -0.25) is 0 Å². The Morgan fingerprint density at radius 3 is 2.71 bits per heavy atom. The van der Waals surface area contributed by atoms with Crippen LogP contribution in [0.3, 0.4) is 0 Å². The Morgan fingerprint density at radius 1 is 1.21 bits per heavy atom. The molecule has 4 rings (SSSR count). The molecule has 1 saturated heterocycles. The van der Waals surface area contributed by atoms with Crippen molar-refractivity contribution in [3.8, 4) is 0 Å². The van der Waals surface area contributed by atoms with Crippen molar-refractivity contribution in [3.05, 3.63) is 35.4 Å². The predicted molar refractivity (Wildman–Crippen MR) is 63.0 cm³/mol. The first kappa shape index (κ1) is 9.11. The van der Waals surface area contributed by atoms with Crippen LogP contribution in [0.1, 0.15) is 17.5 Å². The van der Waals surface area contributed by atoms with Crippen LogP contribution in [-0.2, 0) is 12.8 Å². The minimum absolute atomic E-state index is 0.00387. The summed E-state index contributed by atoms with van der Waals surface area (Å²) in [5, 5.41) is 0. The highest BCUT2D eigenvalue weighted by atomic mass is 35.5. The maximum atomic E-state index is 6.70. The smallest absolute Gasteiger partial charge is 0.0967 e. The molecule has 1 heterocycles. The van der Waals surface area contributed by atoms with Gasteiger partial charge in [0.25, 0.3) is 0 Å². The van der Waals surface area contributed by atoms with E-state index in [1.165, 1.54) is 23.3 Å². The van der Waals surface area contributed by atoms with E-state index in [1.54, 1.807) is 0 Å². The SMILES string of the molecule is ClC12Cc3ccc(cc3)CC1CCS2. The molecular formula is C12H13ClS. The van der Waals surface area contributed by atoms with E-state index in [-0.39, 0.29) is 4.21 Å². The fourth-order valence-electron chi connectivity index (χ4n) is 2.51. The summed E-state index contributed by atoms with van der Waals surface area (Å²) < 4.78 is -0.00387. The first-order valence-electron chi connectivity index (χ1n) is 5.17. The maximum Gasteiger partial charge on any atom is 0.0967 e. The molecule has 2 heteroatoms. The van der Waals surface area contributed by atoms with Gasteiger partial charge in [0.2, 0.25) is 0 Å². The summed E-state index contributed by atoms with van der Waals surface area (Å²) >= 11 is 8.66. The second-order valence-electron chi connectivity index (χ2n) is 4.32. The molecule has 0 N–H and O–H groups in total. The summed E-state index contributed by atoms with van der Waals surface area (Å²) in [6.45, 7) is 0. The van der Waals surface area contributed by atoms with Gasteiger partial charge >= 0.3 is 0 Å². The van der Waals surface area contributed by atoms with Crippen LogP contribution in [0.5, 0.6) is 0 Å². The van der Waals surface area contributed by atoms with Crippen molar-refractivity contribution in [3.63, 3.8) is 0 Å². The number of alkyl halides is 1. The largest absolute Gasteiger partial charge is 0.138 e. The highest BCUT2D eigenvalue weighted by molar-refractivity contribution is 8.02. The highest BCUT2D eigenvalue weighted by Crippen LogP contribution is 2.50. The molecular weight excluding hydrogens is 212 g/mol. The Kier molecular flexibility index (Phi) is 2.07. The molecule has 2 aliphatic carbocycles. The number of hydrogen-bond donors (Lipinski definition) is 0. The molecule has 14 heavy (non-hydrogen) atoms. The van der Waals surface area contributed by atoms with Gasteiger partial charge in [0.05, 0.1) is 4.21 Å². The summed E-state index contributed by atoms with van der Waals surface area (Å²) in [5.74, 6) is 1.91. The zero-order chi connectivity index (χ0) is 9.60. The summed E-state index contributed by atoms with van der Waals surface area (Å²) in [5.41, 5.74) is 2.84. The van der Waals surface area contributed by atoms with Crippen LogP contribution in [0, 0.1) is 5.92 Å². The highest BCUT2D eigenvalue weighted by Gasteiger charge is 2.42. The molecule has 0 aromatic heterocycles. The molecule has 2 unspecified atom stereocenters. The fraction of sp³-hybridized carbons (Fsp3) is 0.500. The molecule has 0 spiro atoms. The van der Waals surface area contributed by atoms with Crippen LogP contribution >= 0.6 is 23.4 Å².